The molecule has 2 saturated heterocycles. The minimum Gasteiger partial charge on any atom is -0.372 e. The lowest BCUT2D eigenvalue weighted by molar-refractivity contribution is -0.0585. The summed E-state index contributed by atoms with van der Waals surface area (Å²) in [7, 11) is -3.48. The lowest BCUT2D eigenvalue weighted by Crippen LogP contribution is -2.48. The standard InChI is InChI=1S/C16H24N2O4S2/c1-12-9-17(10-13(2)22-12)16(19)15-8-14(11-23-15)24(20,21)18-6-4-3-5-7-18/h8,11-13H,3-7,9-10H2,1-2H3. The molecule has 2 unspecified atom stereocenters. The van der Waals surface area contributed by atoms with Gasteiger partial charge in [0.2, 0.25) is 10.0 Å². The predicted molar refractivity (Wildman–Crippen MR) is 92.8 cm³/mol. The van der Waals surface area contributed by atoms with E-state index in [1.54, 1.807) is 10.3 Å². The second-order valence-electron chi connectivity index (χ2n) is 6.58. The molecule has 1 aromatic heterocycles. The fraction of sp³-hybridized carbons (Fsp3) is 0.688. The number of amides is 1. The van der Waals surface area contributed by atoms with Crippen molar-refractivity contribution in [3.05, 3.63) is 16.3 Å². The minimum atomic E-state index is -3.48. The van der Waals surface area contributed by atoms with E-state index in [0.717, 1.165) is 19.3 Å². The van der Waals surface area contributed by atoms with Crippen LogP contribution in [0.25, 0.3) is 0 Å². The molecule has 3 rings (SSSR count). The van der Waals surface area contributed by atoms with Crippen molar-refractivity contribution in [2.45, 2.75) is 50.2 Å². The smallest absolute Gasteiger partial charge is 0.264 e. The molecular formula is C16H24N2O4S2. The maximum atomic E-state index is 12.7. The van der Waals surface area contributed by atoms with Gasteiger partial charge in [0, 0.05) is 31.6 Å². The lowest BCUT2D eigenvalue weighted by Gasteiger charge is -2.35. The van der Waals surface area contributed by atoms with Crippen LogP contribution in [-0.2, 0) is 14.8 Å². The first-order valence-electron chi connectivity index (χ1n) is 8.41. The van der Waals surface area contributed by atoms with Crippen LogP contribution in [0.2, 0.25) is 0 Å². The Morgan fingerprint density at radius 1 is 1.17 bits per heavy atom. The first kappa shape index (κ1) is 17.8. The highest BCUT2D eigenvalue weighted by atomic mass is 32.2. The monoisotopic (exact) mass is 372 g/mol. The molecule has 0 saturated carbocycles. The first-order chi connectivity index (χ1) is 11.4. The highest BCUT2D eigenvalue weighted by molar-refractivity contribution is 7.89. The van der Waals surface area contributed by atoms with Crippen molar-refractivity contribution in [2.24, 2.45) is 0 Å². The largest absolute Gasteiger partial charge is 0.372 e. The van der Waals surface area contributed by atoms with E-state index in [4.69, 9.17) is 4.74 Å². The summed E-state index contributed by atoms with van der Waals surface area (Å²) in [6.45, 7) is 6.09. The van der Waals surface area contributed by atoms with Gasteiger partial charge in [-0.25, -0.2) is 8.42 Å². The maximum Gasteiger partial charge on any atom is 0.264 e. The summed E-state index contributed by atoms with van der Waals surface area (Å²) in [6, 6.07) is 1.53. The number of rotatable bonds is 3. The topological polar surface area (TPSA) is 66.9 Å². The molecule has 0 spiro atoms. The third-order valence-electron chi connectivity index (χ3n) is 4.45. The highest BCUT2D eigenvalue weighted by Gasteiger charge is 2.30. The fourth-order valence-electron chi connectivity index (χ4n) is 3.32. The normalized spacial score (nSPS) is 26.5. The number of morpholine rings is 1. The highest BCUT2D eigenvalue weighted by Crippen LogP contribution is 2.26. The van der Waals surface area contributed by atoms with Crippen LogP contribution < -0.4 is 0 Å². The zero-order chi connectivity index (χ0) is 17.3. The van der Waals surface area contributed by atoms with E-state index in [-0.39, 0.29) is 23.0 Å². The Hall–Kier alpha value is -0.960. The molecule has 2 aliphatic heterocycles. The second-order valence-corrected chi connectivity index (χ2v) is 9.43. The Labute approximate surface area is 147 Å². The van der Waals surface area contributed by atoms with Crippen molar-refractivity contribution in [3.63, 3.8) is 0 Å². The predicted octanol–water partition coefficient (Wildman–Crippen LogP) is 2.17. The summed E-state index contributed by atoms with van der Waals surface area (Å²) in [4.78, 5) is 15.2. The molecule has 1 aromatic rings. The van der Waals surface area contributed by atoms with Crippen LogP contribution in [0.4, 0.5) is 0 Å². The van der Waals surface area contributed by atoms with E-state index < -0.39 is 10.0 Å². The molecule has 2 fully saturated rings. The van der Waals surface area contributed by atoms with Crippen molar-refractivity contribution in [3.8, 4) is 0 Å². The van der Waals surface area contributed by atoms with Crippen molar-refractivity contribution >= 4 is 27.3 Å². The Bertz CT molecular complexity index is 685. The molecule has 8 heteroatoms. The van der Waals surface area contributed by atoms with Gasteiger partial charge in [0.25, 0.3) is 5.91 Å². The summed E-state index contributed by atoms with van der Waals surface area (Å²) in [5, 5.41) is 1.59. The summed E-state index contributed by atoms with van der Waals surface area (Å²) in [5.41, 5.74) is 0. The van der Waals surface area contributed by atoms with E-state index in [1.807, 2.05) is 13.8 Å². The van der Waals surface area contributed by atoms with E-state index in [0.29, 0.717) is 31.1 Å². The average Bonchev–Trinajstić information content (AvgIpc) is 3.05. The van der Waals surface area contributed by atoms with E-state index in [2.05, 4.69) is 0 Å². The van der Waals surface area contributed by atoms with Crippen LogP contribution in [0.3, 0.4) is 0 Å². The molecule has 134 valence electrons. The zero-order valence-corrected chi connectivity index (χ0v) is 15.7. The van der Waals surface area contributed by atoms with Crippen molar-refractivity contribution < 1.29 is 17.9 Å². The Morgan fingerprint density at radius 2 is 1.79 bits per heavy atom. The Morgan fingerprint density at radius 3 is 2.42 bits per heavy atom. The van der Waals surface area contributed by atoms with Crippen LogP contribution in [0, 0.1) is 0 Å². The molecule has 0 N–H and O–H groups in total. The number of sulfonamides is 1. The number of piperidine rings is 1. The van der Waals surface area contributed by atoms with Gasteiger partial charge in [0.15, 0.2) is 0 Å². The molecular weight excluding hydrogens is 348 g/mol. The van der Waals surface area contributed by atoms with Gasteiger partial charge in [0.1, 0.15) is 0 Å². The summed E-state index contributed by atoms with van der Waals surface area (Å²) < 4.78 is 32.6. The Kier molecular flexibility index (Phi) is 5.29. The zero-order valence-electron chi connectivity index (χ0n) is 14.1. The van der Waals surface area contributed by atoms with E-state index >= 15 is 0 Å². The van der Waals surface area contributed by atoms with Gasteiger partial charge in [0.05, 0.1) is 22.0 Å². The average molecular weight is 373 g/mol. The van der Waals surface area contributed by atoms with E-state index in [9.17, 15) is 13.2 Å². The van der Waals surface area contributed by atoms with Gasteiger partial charge in [-0.05, 0) is 32.8 Å². The van der Waals surface area contributed by atoms with Crippen LogP contribution in [0.5, 0.6) is 0 Å². The maximum absolute atomic E-state index is 12.7. The van der Waals surface area contributed by atoms with Crippen molar-refractivity contribution in [1.29, 1.82) is 0 Å². The molecule has 0 aromatic carbocycles. The van der Waals surface area contributed by atoms with Crippen molar-refractivity contribution in [1.82, 2.24) is 9.21 Å². The molecule has 24 heavy (non-hydrogen) atoms. The number of carbonyl (C=O) groups excluding carboxylic acids is 1. The van der Waals surface area contributed by atoms with Gasteiger partial charge in [-0.1, -0.05) is 6.42 Å². The second kappa shape index (κ2) is 7.11. The number of thiophene rings is 1. The lowest BCUT2D eigenvalue weighted by atomic mass is 10.2. The Balaban J connectivity index is 1.76. The summed E-state index contributed by atoms with van der Waals surface area (Å²) >= 11 is 1.21. The fourth-order valence-corrected chi connectivity index (χ4v) is 6.07. The number of carbonyl (C=O) groups is 1. The molecule has 0 bridgehead atoms. The van der Waals surface area contributed by atoms with Crippen LogP contribution in [0.15, 0.2) is 16.3 Å². The number of nitrogens with zero attached hydrogens (tertiary/aromatic N) is 2. The first-order valence-corrected chi connectivity index (χ1v) is 10.7. The molecule has 6 nitrogen and oxygen atoms in total. The van der Waals surface area contributed by atoms with Gasteiger partial charge >= 0.3 is 0 Å². The van der Waals surface area contributed by atoms with Crippen LogP contribution in [-0.4, -0.2) is 61.9 Å². The van der Waals surface area contributed by atoms with Crippen LogP contribution >= 0.6 is 11.3 Å². The molecule has 2 aliphatic rings. The third-order valence-corrected chi connectivity index (χ3v) is 7.39. The number of ether oxygens (including phenoxy) is 1. The van der Waals surface area contributed by atoms with Gasteiger partial charge < -0.3 is 9.64 Å². The summed E-state index contributed by atoms with van der Waals surface area (Å²) in [5.74, 6) is -0.109. The van der Waals surface area contributed by atoms with Crippen molar-refractivity contribution in [2.75, 3.05) is 26.2 Å². The molecule has 2 atom stereocenters. The minimum absolute atomic E-state index is 0.00536. The molecule has 0 aliphatic carbocycles. The van der Waals surface area contributed by atoms with Gasteiger partial charge in [-0.2, -0.15) is 4.31 Å². The number of hydrogen-bond donors (Lipinski definition) is 0. The van der Waals surface area contributed by atoms with E-state index in [1.165, 1.54) is 21.7 Å². The number of hydrogen-bond acceptors (Lipinski definition) is 5. The van der Waals surface area contributed by atoms with Gasteiger partial charge in [-0.3, -0.25) is 4.79 Å². The molecule has 0 radical (unpaired) electrons. The molecule has 1 amide bonds. The van der Waals surface area contributed by atoms with Gasteiger partial charge in [-0.15, -0.1) is 11.3 Å². The summed E-state index contributed by atoms with van der Waals surface area (Å²) in [6.07, 6.45) is 2.87. The SMILES string of the molecule is CC1CN(C(=O)c2cc(S(=O)(=O)N3CCCCC3)cs2)CC(C)O1. The van der Waals surface area contributed by atoms with Crippen LogP contribution in [0.1, 0.15) is 42.8 Å². The third kappa shape index (κ3) is 3.66. The quantitative estimate of drug-likeness (QED) is 0.816. The molecule has 3 heterocycles.